The summed E-state index contributed by atoms with van der Waals surface area (Å²) in [5.41, 5.74) is 3.21. The van der Waals surface area contributed by atoms with Crippen LogP contribution in [-0.4, -0.2) is 9.97 Å². The molecule has 171 valence electrons. The first-order chi connectivity index (χ1) is 16.1. The number of rotatable bonds is 3. The summed E-state index contributed by atoms with van der Waals surface area (Å²) in [6.45, 7) is 0. The first-order valence-electron chi connectivity index (χ1n) is 10.1. The van der Waals surface area contributed by atoms with Gasteiger partial charge in [0.25, 0.3) is 0 Å². The largest absolute Gasteiger partial charge is 0.305 e. The predicted molar refractivity (Wildman–Crippen MR) is 122 cm³/mol. The van der Waals surface area contributed by atoms with E-state index in [2.05, 4.69) is 22.1 Å². The van der Waals surface area contributed by atoms with E-state index in [4.69, 9.17) is 0 Å². The Morgan fingerprint density at radius 1 is 0.706 bits per heavy atom. The van der Waals surface area contributed by atoms with Crippen LogP contribution in [0.15, 0.2) is 103 Å². The van der Waals surface area contributed by atoms with Gasteiger partial charge in [0.1, 0.15) is 0 Å². The van der Waals surface area contributed by atoms with E-state index in [9.17, 15) is 13.2 Å². The zero-order chi connectivity index (χ0) is 23.0. The van der Waals surface area contributed by atoms with Crippen molar-refractivity contribution < 1.29 is 33.3 Å². The second-order valence-electron chi connectivity index (χ2n) is 6.91. The van der Waals surface area contributed by atoms with E-state index in [1.54, 1.807) is 18.3 Å². The van der Waals surface area contributed by atoms with Crippen molar-refractivity contribution in [2.45, 2.75) is 0 Å². The number of pyridine rings is 2. The Bertz CT molecular complexity index is 1290. The summed E-state index contributed by atoms with van der Waals surface area (Å²) >= 11 is 0. The van der Waals surface area contributed by atoms with Crippen LogP contribution in [0, 0.1) is 29.6 Å². The average Bonchev–Trinajstić information content (AvgIpc) is 2.88. The molecule has 6 heteroatoms. The first kappa shape index (κ1) is 25.0. The molecule has 0 spiro atoms. The maximum Gasteiger partial charge on any atom is 0.0792 e. The van der Waals surface area contributed by atoms with Crippen LogP contribution in [0.1, 0.15) is 0 Å². The van der Waals surface area contributed by atoms with E-state index >= 15 is 0 Å². The van der Waals surface area contributed by atoms with Crippen LogP contribution < -0.4 is 0 Å². The van der Waals surface area contributed by atoms with Crippen LogP contribution in [0.5, 0.6) is 0 Å². The van der Waals surface area contributed by atoms with Gasteiger partial charge >= 0.3 is 0 Å². The Kier molecular flexibility index (Phi) is 8.86. The molecule has 1 radical (unpaired) electrons. The van der Waals surface area contributed by atoms with Gasteiger partial charge in [0.15, 0.2) is 0 Å². The quantitative estimate of drug-likeness (QED) is 0.156. The minimum atomic E-state index is -1.26. The second-order valence-corrected chi connectivity index (χ2v) is 6.91. The first-order valence-corrected chi connectivity index (χ1v) is 10.1. The monoisotopic (exact) mass is 631 g/mol. The molecule has 2 heterocycles. The van der Waals surface area contributed by atoms with Gasteiger partial charge in [0.05, 0.1) is 11.6 Å². The molecule has 0 saturated heterocycles. The van der Waals surface area contributed by atoms with Gasteiger partial charge in [0.2, 0.25) is 0 Å². The molecule has 2 nitrogen and oxygen atoms in total. The minimum absolute atomic E-state index is 0. The van der Waals surface area contributed by atoms with Gasteiger partial charge in [-0.1, -0.05) is 60.2 Å². The van der Waals surface area contributed by atoms with Crippen LogP contribution >= 0.6 is 0 Å². The van der Waals surface area contributed by atoms with Crippen molar-refractivity contribution in [1.82, 2.24) is 9.97 Å². The molecule has 0 aliphatic carbocycles. The zero-order valence-corrected chi connectivity index (χ0v) is 20.1. The van der Waals surface area contributed by atoms with E-state index in [0.717, 1.165) is 16.8 Å². The Labute approximate surface area is 209 Å². The van der Waals surface area contributed by atoms with Gasteiger partial charge in [-0.3, -0.25) is 4.39 Å². The van der Waals surface area contributed by atoms with Crippen LogP contribution in [-0.2, 0) is 20.1 Å². The van der Waals surface area contributed by atoms with E-state index in [-0.39, 0.29) is 31.4 Å². The summed E-state index contributed by atoms with van der Waals surface area (Å²) in [5.74, 6) is -3.38. The smallest absolute Gasteiger partial charge is 0.0792 e. The molecular weight excluding hydrogens is 614 g/mol. The molecule has 34 heavy (non-hydrogen) atoms. The van der Waals surface area contributed by atoms with Gasteiger partial charge in [-0.2, -0.15) is 0 Å². The molecule has 2 aromatic heterocycles. The van der Waals surface area contributed by atoms with Crippen molar-refractivity contribution in [3.63, 3.8) is 0 Å². The second kappa shape index (κ2) is 12.0. The summed E-state index contributed by atoms with van der Waals surface area (Å²) in [5, 5.41) is 0. The summed E-state index contributed by atoms with van der Waals surface area (Å²) in [6, 6.07) is 32.0. The third kappa shape index (κ3) is 6.04. The van der Waals surface area contributed by atoms with Crippen LogP contribution in [0.2, 0.25) is 0 Å². The standard InChI is InChI=1S/C17H9F3N.C11H8N.Ir/c18-12-9-14(16(20)15(19)10-12)17-13(7-4-8-21-17)11-5-2-1-3-6-11;1-2-6-10(7-3-1)11-8-4-5-9-12-11;/h1-8,10H;1-6,8-9H;/q2*-1;. The molecular formula is C28H17F3IrN2-2. The Morgan fingerprint density at radius 2 is 1.44 bits per heavy atom. The maximum absolute atomic E-state index is 14.0. The Balaban J connectivity index is 0.000000212. The molecule has 0 aliphatic rings. The predicted octanol–water partition coefficient (Wildman–Crippen LogP) is 7.18. The van der Waals surface area contributed by atoms with Crippen LogP contribution in [0.3, 0.4) is 0 Å². The fourth-order valence-electron chi connectivity index (χ4n) is 3.20. The fourth-order valence-corrected chi connectivity index (χ4v) is 3.20. The number of hydrogen-bond donors (Lipinski definition) is 0. The summed E-state index contributed by atoms with van der Waals surface area (Å²) < 4.78 is 40.7. The van der Waals surface area contributed by atoms with E-state index in [0.29, 0.717) is 11.6 Å². The molecule has 3 aromatic carbocycles. The average molecular weight is 631 g/mol. The van der Waals surface area contributed by atoms with E-state index in [1.165, 1.54) is 6.20 Å². The molecule has 5 aromatic rings. The van der Waals surface area contributed by atoms with Crippen molar-refractivity contribution in [2.75, 3.05) is 0 Å². The summed E-state index contributed by atoms with van der Waals surface area (Å²) in [7, 11) is 0. The van der Waals surface area contributed by atoms with Gasteiger partial charge < -0.3 is 9.97 Å². The fraction of sp³-hybridized carbons (Fsp3) is 0. The number of nitrogens with zero attached hydrogens (tertiary/aromatic N) is 2. The maximum atomic E-state index is 14.0. The molecule has 0 unspecified atom stereocenters. The molecule has 0 fully saturated rings. The molecule has 0 atom stereocenters. The molecule has 0 saturated carbocycles. The molecule has 5 rings (SSSR count). The van der Waals surface area contributed by atoms with Crippen molar-refractivity contribution >= 4 is 0 Å². The summed E-state index contributed by atoms with van der Waals surface area (Å²) in [4.78, 5) is 8.28. The van der Waals surface area contributed by atoms with E-state index < -0.39 is 17.5 Å². The third-order valence-corrected chi connectivity index (χ3v) is 4.71. The van der Waals surface area contributed by atoms with Crippen molar-refractivity contribution in [3.05, 3.63) is 133 Å². The molecule has 0 aliphatic heterocycles. The van der Waals surface area contributed by atoms with Gasteiger partial charge in [0, 0.05) is 38.3 Å². The number of halogens is 3. The molecule has 0 N–H and O–H groups in total. The number of aromatic nitrogens is 2. The van der Waals surface area contributed by atoms with Crippen molar-refractivity contribution in [3.8, 4) is 33.6 Å². The third-order valence-electron chi connectivity index (χ3n) is 4.71. The van der Waals surface area contributed by atoms with Crippen molar-refractivity contribution in [2.24, 2.45) is 0 Å². The number of hydrogen-bond acceptors (Lipinski definition) is 2. The van der Waals surface area contributed by atoms with Crippen molar-refractivity contribution in [1.29, 1.82) is 0 Å². The molecule has 0 bridgehead atoms. The topological polar surface area (TPSA) is 25.8 Å². The van der Waals surface area contributed by atoms with Gasteiger partial charge in [-0.15, -0.1) is 42.0 Å². The molecule has 0 amide bonds. The van der Waals surface area contributed by atoms with Gasteiger partial charge in [-0.05, 0) is 34.6 Å². The minimum Gasteiger partial charge on any atom is -0.305 e. The zero-order valence-electron chi connectivity index (χ0n) is 17.7. The SMILES string of the molecule is Fc1[c-]c(-c2ncccc2-c2ccccc2)c(F)c(F)c1.[Ir].[c-]1ccccc1-c1ccccn1. The van der Waals surface area contributed by atoms with E-state index in [1.807, 2.05) is 72.8 Å². The summed E-state index contributed by atoms with van der Waals surface area (Å²) in [6.07, 6.45) is 3.23. The van der Waals surface area contributed by atoms with Gasteiger partial charge in [-0.25, -0.2) is 8.78 Å². The normalized spacial score (nSPS) is 9.97. The van der Waals surface area contributed by atoms with Crippen LogP contribution in [0.4, 0.5) is 13.2 Å². The number of benzene rings is 3. The van der Waals surface area contributed by atoms with Crippen LogP contribution in [0.25, 0.3) is 33.6 Å². The Morgan fingerprint density at radius 3 is 2.15 bits per heavy atom. The Hall–Kier alpha value is -3.60.